The Kier molecular flexibility index (Phi) is 3.87. The van der Waals surface area contributed by atoms with Gasteiger partial charge in [-0.15, -0.1) is 11.3 Å². The van der Waals surface area contributed by atoms with Crippen LogP contribution in [0.1, 0.15) is 53.0 Å². The van der Waals surface area contributed by atoms with Crippen molar-refractivity contribution in [2.24, 2.45) is 17.8 Å². The van der Waals surface area contributed by atoms with Gasteiger partial charge in [0.25, 0.3) is 5.91 Å². The maximum Gasteiger partial charge on any atom is 0.280 e. The Hall–Kier alpha value is -1.43. The second-order valence-electron chi connectivity index (χ2n) is 7.31. The van der Waals surface area contributed by atoms with Crippen molar-refractivity contribution in [3.05, 3.63) is 15.6 Å². The number of rotatable bonds is 5. The van der Waals surface area contributed by atoms with E-state index in [1.54, 1.807) is 0 Å². The van der Waals surface area contributed by atoms with Crippen LogP contribution in [-0.4, -0.2) is 29.4 Å². The number of carbonyl (C=O) groups excluding carboxylic acids is 2. The third-order valence-electron chi connectivity index (χ3n) is 5.17. The van der Waals surface area contributed by atoms with Crippen molar-refractivity contribution < 1.29 is 9.59 Å². The molecule has 0 spiro atoms. The number of nitrogens with zero attached hydrogens (tertiary/aromatic N) is 1. The summed E-state index contributed by atoms with van der Waals surface area (Å²) in [7, 11) is 0. The molecule has 3 aliphatic rings. The lowest BCUT2D eigenvalue weighted by atomic mass is 9.97. The fourth-order valence-electron chi connectivity index (χ4n) is 3.23. The number of nitrogens with one attached hydrogen (secondary N) is 2. The zero-order chi connectivity index (χ0) is 16.0. The molecule has 0 saturated heterocycles. The molecule has 1 aromatic heterocycles. The van der Waals surface area contributed by atoms with Crippen LogP contribution in [0.2, 0.25) is 0 Å². The molecular weight excluding hydrogens is 310 g/mol. The van der Waals surface area contributed by atoms with E-state index in [0.29, 0.717) is 16.8 Å². The van der Waals surface area contributed by atoms with Crippen LogP contribution in [0.15, 0.2) is 0 Å². The van der Waals surface area contributed by atoms with Gasteiger partial charge in [0.15, 0.2) is 5.01 Å². The largest absolute Gasteiger partial charge is 0.353 e. The molecule has 2 saturated carbocycles. The van der Waals surface area contributed by atoms with Crippen LogP contribution in [0.5, 0.6) is 0 Å². The molecule has 0 bridgehead atoms. The molecular formula is C17H23N3O2S. The van der Waals surface area contributed by atoms with Crippen molar-refractivity contribution in [3.8, 4) is 0 Å². The number of aromatic nitrogens is 1. The van der Waals surface area contributed by atoms with Gasteiger partial charge in [0.2, 0.25) is 5.91 Å². The maximum atomic E-state index is 12.2. The fraction of sp³-hybridized carbons (Fsp3) is 0.706. The molecule has 1 aromatic rings. The number of hydrogen-bond donors (Lipinski definition) is 2. The lowest BCUT2D eigenvalue weighted by molar-refractivity contribution is -0.123. The Balaban J connectivity index is 1.35. The van der Waals surface area contributed by atoms with Gasteiger partial charge in [0, 0.05) is 29.8 Å². The van der Waals surface area contributed by atoms with Gasteiger partial charge in [-0.05, 0) is 43.9 Å². The summed E-state index contributed by atoms with van der Waals surface area (Å²) in [5, 5.41) is 6.74. The normalized spacial score (nSPS) is 28.8. The second-order valence-corrected chi connectivity index (χ2v) is 8.39. The molecule has 2 fully saturated rings. The van der Waals surface area contributed by atoms with Crippen molar-refractivity contribution in [1.29, 1.82) is 0 Å². The van der Waals surface area contributed by atoms with E-state index >= 15 is 0 Å². The summed E-state index contributed by atoms with van der Waals surface area (Å²) in [6, 6.07) is 0.200. The molecule has 2 amide bonds. The minimum absolute atomic E-state index is 0.0382. The van der Waals surface area contributed by atoms with Crippen LogP contribution in [0.4, 0.5) is 0 Å². The second kappa shape index (κ2) is 5.89. The van der Waals surface area contributed by atoms with E-state index in [4.69, 9.17) is 0 Å². The molecule has 5 nitrogen and oxygen atoms in total. The first-order chi connectivity index (χ1) is 11.1. The highest BCUT2D eigenvalue weighted by molar-refractivity contribution is 7.13. The Morgan fingerprint density at radius 2 is 2.09 bits per heavy atom. The lowest BCUT2D eigenvalue weighted by Crippen LogP contribution is -2.39. The summed E-state index contributed by atoms with van der Waals surface area (Å²) in [6.45, 7) is 2.90. The predicted molar refractivity (Wildman–Crippen MR) is 88.4 cm³/mol. The Bertz CT molecular complexity index is 638. The SMILES string of the molecule is C[C@@H]1C[C@H]1C(=O)N[C@@H]1CCc2nc(C(=O)NCC3CC3)sc2C1. The zero-order valence-corrected chi connectivity index (χ0v) is 14.2. The first kappa shape index (κ1) is 15.1. The highest BCUT2D eigenvalue weighted by atomic mass is 32.1. The monoisotopic (exact) mass is 333 g/mol. The molecule has 1 heterocycles. The van der Waals surface area contributed by atoms with Gasteiger partial charge in [-0.25, -0.2) is 4.98 Å². The molecule has 3 aliphatic carbocycles. The van der Waals surface area contributed by atoms with Crippen molar-refractivity contribution >= 4 is 23.2 Å². The van der Waals surface area contributed by atoms with Crippen LogP contribution < -0.4 is 10.6 Å². The van der Waals surface area contributed by atoms with Gasteiger partial charge < -0.3 is 10.6 Å². The standard InChI is InChI=1S/C17H23N3O2S/c1-9-6-12(9)15(21)19-11-4-5-13-14(7-11)23-17(20-13)16(22)18-8-10-2-3-10/h9-12H,2-8H2,1H3,(H,18,22)(H,19,21)/t9-,11-,12-/m1/s1. The van der Waals surface area contributed by atoms with E-state index in [2.05, 4.69) is 22.5 Å². The average Bonchev–Trinajstić information content (AvgIpc) is 3.43. The number of hydrogen-bond acceptors (Lipinski definition) is 4. The third-order valence-corrected chi connectivity index (χ3v) is 6.29. The van der Waals surface area contributed by atoms with E-state index in [-0.39, 0.29) is 23.8 Å². The number of carbonyl (C=O) groups is 2. The van der Waals surface area contributed by atoms with Crippen LogP contribution in [0.3, 0.4) is 0 Å². The van der Waals surface area contributed by atoms with Crippen molar-refractivity contribution in [2.75, 3.05) is 6.54 Å². The maximum absolute atomic E-state index is 12.2. The van der Waals surface area contributed by atoms with Crippen LogP contribution in [0.25, 0.3) is 0 Å². The highest BCUT2D eigenvalue weighted by Crippen LogP contribution is 2.38. The molecule has 124 valence electrons. The average molecular weight is 333 g/mol. The summed E-state index contributed by atoms with van der Waals surface area (Å²) in [6.07, 6.45) is 6.08. The van der Waals surface area contributed by atoms with E-state index in [1.807, 2.05) is 0 Å². The van der Waals surface area contributed by atoms with Gasteiger partial charge in [-0.3, -0.25) is 9.59 Å². The topological polar surface area (TPSA) is 71.1 Å². The highest BCUT2D eigenvalue weighted by Gasteiger charge is 2.40. The quantitative estimate of drug-likeness (QED) is 0.865. The van der Waals surface area contributed by atoms with Gasteiger partial charge in [0.1, 0.15) is 0 Å². The van der Waals surface area contributed by atoms with Gasteiger partial charge in [-0.1, -0.05) is 6.92 Å². The smallest absolute Gasteiger partial charge is 0.280 e. The minimum Gasteiger partial charge on any atom is -0.353 e. The lowest BCUT2D eigenvalue weighted by Gasteiger charge is -2.22. The van der Waals surface area contributed by atoms with E-state index in [9.17, 15) is 9.59 Å². The Labute approximate surface area is 140 Å². The molecule has 0 aliphatic heterocycles. The number of amides is 2. The summed E-state index contributed by atoms with van der Waals surface area (Å²) in [4.78, 5) is 29.9. The zero-order valence-electron chi connectivity index (χ0n) is 13.4. The molecule has 23 heavy (non-hydrogen) atoms. The Morgan fingerprint density at radius 3 is 2.78 bits per heavy atom. The molecule has 0 aromatic carbocycles. The predicted octanol–water partition coefficient (Wildman–Crippen LogP) is 1.91. The summed E-state index contributed by atoms with van der Waals surface area (Å²) < 4.78 is 0. The molecule has 0 unspecified atom stereocenters. The van der Waals surface area contributed by atoms with Crippen molar-refractivity contribution in [3.63, 3.8) is 0 Å². The fourth-order valence-corrected chi connectivity index (χ4v) is 4.33. The van der Waals surface area contributed by atoms with E-state index in [1.165, 1.54) is 29.1 Å². The molecule has 3 atom stereocenters. The van der Waals surface area contributed by atoms with Gasteiger partial charge in [-0.2, -0.15) is 0 Å². The van der Waals surface area contributed by atoms with Crippen LogP contribution >= 0.6 is 11.3 Å². The minimum atomic E-state index is -0.0382. The Morgan fingerprint density at radius 1 is 1.30 bits per heavy atom. The molecule has 6 heteroatoms. The molecule has 0 radical (unpaired) electrons. The summed E-state index contributed by atoms with van der Waals surface area (Å²) in [5.74, 6) is 1.61. The number of fused-ring (bicyclic) bond motifs is 1. The van der Waals surface area contributed by atoms with E-state index < -0.39 is 0 Å². The van der Waals surface area contributed by atoms with Crippen LogP contribution in [0, 0.1) is 17.8 Å². The van der Waals surface area contributed by atoms with E-state index in [0.717, 1.165) is 37.9 Å². The van der Waals surface area contributed by atoms with Gasteiger partial charge >= 0.3 is 0 Å². The first-order valence-corrected chi connectivity index (χ1v) is 9.49. The van der Waals surface area contributed by atoms with Gasteiger partial charge in [0.05, 0.1) is 5.69 Å². The van der Waals surface area contributed by atoms with Crippen molar-refractivity contribution in [1.82, 2.24) is 15.6 Å². The van der Waals surface area contributed by atoms with Crippen molar-refractivity contribution in [2.45, 2.75) is 51.5 Å². The summed E-state index contributed by atoms with van der Waals surface area (Å²) >= 11 is 1.50. The van der Waals surface area contributed by atoms with Crippen LogP contribution in [-0.2, 0) is 17.6 Å². The molecule has 4 rings (SSSR count). The third kappa shape index (κ3) is 3.42. The number of thiazole rings is 1. The number of aryl methyl sites for hydroxylation is 1. The molecule has 2 N–H and O–H groups in total. The summed E-state index contributed by atoms with van der Waals surface area (Å²) in [5.41, 5.74) is 1.05. The first-order valence-electron chi connectivity index (χ1n) is 8.67.